The van der Waals surface area contributed by atoms with E-state index in [-0.39, 0.29) is 31.3 Å². The van der Waals surface area contributed by atoms with Crippen LogP contribution in [0, 0.1) is 6.92 Å². The maximum atomic E-state index is 15.1. The number of hydrogen-bond acceptors (Lipinski definition) is 8. The molecular formula is C38H42FN5O6. The Kier molecular flexibility index (Phi) is 9.73. The molecule has 2 aliphatic rings. The Hall–Kier alpha value is -5.13. The Balaban J connectivity index is 1.20. The second-order valence-corrected chi connectivity index (χ2v) is 14.2. The van der Waals surface area contributed by atoms with E-state index in [4.69, 9.17) is 9.47 Å². The molecule has 2 aromatic carbocycles. The van der Waals surface area contributed by atoms with Gasteiger partial charge in [-0.05, 0) is 75.4 Å². The molecule has 2 fully saturated rings. The highest BCUT2D eigenvalue weighted by Crippen LogP contribution is 2.43. The Labute approximate surface area is 290 Å². The molecule has 0 bridgehead atoms. The van der Waals surface area contributed by atoms with Gasteiger partial charge in [-0.2, -0.15) is 9.78 Å². The van der Waals surface area contributed by atoms with Crippen LogP contribution in [0.3, 0.4) is 0 Å². The van der Waals surface area contributed by atoms with Crippen LogP contribution in [0.2, 0.25) is 0 Å². The number of carbonyl (C=O) groups excluding carboxylic acids is 4. The van der Waals surface area contributed by atoms with Gasteiger partial charge < -0.3 is 19.7 Å². The van der Waals surface area contributed by atoms with E-state index in [2.05, 4.69) is 15.4 Å². The molecule has 262 valence electrons. The summed E-state index contributed by atoms with van der Waals surface area (Å²) in [5.41, 5.74) is 1.76. The Morgan fingerprint density at radius 2 is 1.74 bits per heavy atom. The number of hydrogen-bond donors (Lipinski definition) is 1. The lowest BCUT2D eigenvalue weighted by Crippen LogP contribution is -2.52. The van der Waals surface area contributed by atoms with Crippen LogP contribution in [0.4, 0.5) is 15.0 Å². The summed E-state index contributed by atoms with van der Waals surface area (Å²) in [7, 11) is 0. The molecule has 2 atom stereocenters. The lowest BCUT2D eigenvalue weighted by molar-refractivity contribution is -0.143. The van der Waals surface area contributed by atoms with Crippen LogP contribution in [0.1, 0.15) is 86.3 Å². The zero-order chi connectivity index (χ0) is 35.6. The van der Waals surface area contributed by atoms with Crippen molar-refractivity contribution < 1.29 is 33.0 Å². The highest BCUT2D eigenvalue weighted by molar-refractivity contribution is 6.00. The molecule has 1 saturated carbocycles. The van der Waals surface area contributed by atoms with Gasteiger partial charge in [-0.1, -0.05) is 61.7 Å². The van der Waals surface area contributed by atoms with E-state index in [0.29, 0.717) is 35.0 Å². The number of nitrogens with zero attached hydrogens (tertiary/aromatic N) is 4. The molecule has 3 heterocycles. The number of esters is 1. The van der Waals surface area contributed by atoms with Crippen LogP contribution in [-0.2, 0) is 31.1 Å². The van der Waals surface area contributed by atoms with Crippen molar-refractivity contribution in [2.24, 2.45) is 0 Å². The third-order valence-corrected chi connectivity index (χ3v) is 9.39. The molecule has 50 heavy (non-hydrogen) atoms. The first kappa shape index (κ1) is 34.7. The quantitative estimate of drug-likeness (QED) is 0.214. The fraction of sp³-hybridized carbons (Fsp3) is 0.421. The van der Waals surface area contributed by atoms with Crippen molar-refractivity contribution in [2.75, 3.05) is 11.9 Å². The van der Waals surface area contributed by atoms with Crippen molar-refractivity contribution >= 4 is 40.7 Å². The van der Waals surface area contributed by atoms with Gasteiger partial charge in [0.25, 0.3) is 0 Å². The summed E-state index contributed by atoms with van der Waals surface area (Å²) in [4.78, 5) is 59.7. The van der Waals surface area contributed by atoms with Crippen LogP contribution in [0.5, 0.6) is 0 Å². The summed E-state index contributed by atoms with van der Waals surface area (Å²) in [6, 6.07) is 16.8. The predicted octanol–water partition coefficient (Wildman–Crippen LogP) is 6.66. The van der Waals surface area contributed by atoms with Gasteiger partial charge in [0.05, 0.1) is 29.2 Å². The van der Waals surface area contributed by atoms with Gasteiger partial charge in [-0.3, -0.25) is 9.59 Å². The third-order valence-electron chi connectivity index (χ3n) is 9.39. The van der Waals surface area contributed by atoms with Crippen LogP contribution in [-0.4, -0.2) is 67.9 Å². The number of likely N-dealkylation sites (tertiary alicyclic amines) is 1. The van der Waals surface area contributed by atoms with Gasteiger partial charge >= 0.3 is 12.1 Å². The molecule has 2 amide bonds. The van der Waals surface area contributed by atoms with Crippen LogP contribution in [0.15, 0.2) is 66.9 Å². The molecule has 1 aliphatic heterocycles. The van der Waals surface area contributed by atoms with Crippen LogP contribution in [0.25, 0.3) is 11.0 Å². The van der Waals surface area contributed by atoms with Gasteiger partial charge in [0, 0.05) is 6.42 Å². The number of nitrogens with one attached hydrogen (secondary N) is 1. The van der Waals surface area contributed by atoms with E-state index in [1.54, 1.807) is 39.0 Å². The molecule has 1 aliphatic carbocycles. The van der Waals surface area contributed by atoms with E-state index >= 15 is 4.39 Å². The number of anilines is 1. The number of aromatic nitrogens is 3. The Morgan fingerprint density at radius 3 is 2.44 bits per heavy atom. The largest absolute Gasteiger partial charge is 0.457 e. The fourth-order valence-electron chi connectivity index (χ4n) is 6.95. The van der Waals surface area contributed by atoms with Crippen LogP contribution >= 0.6 is 0 Å². The van der Waals surface area contributed by atoms with Crippen molar-refractivity contribution in [2.45, 2.75) is 96.1 Å². The van der Waals surface area contributed by atoms with E-state index in [1.807, 2.05) is 43.3 Å². The molecule has 12 heteroatoms. The van der Waals surface area contributed by atoms with Crippen molar-refractivity contribution in [3.8, 4) is 0 Å². The van der Waals surface area contributed by atoms with Gasteiger partial charge in [-0.25, -0.2) is 19.0 Å². The molecule has 1 N–H and O–H groups in total. The topological polar surface area (TPSA) is 133 Å². The monoisotopic (exact) mass is 683 g/mol. The number of pyridine rings is 1. The number of alkyl halides is 1. The summed E-state index contributed by atoms with van der Waals surface area (Å²) >= 11 is 0. The molecule has 0 spiro atoms. The van der Waals surface area contributed by atoms with E-state index in [0.717, 1.165) is 35.1 Å². The minimum Gasteiger partial charge on any atom is -0.457 e. The average molecular weight is 684 g/mol. The predicted molar refractivity (Wildman–Crippen MR) is 184 cm³/mol. The second-order valence-electron chi connectivity index (χ2n) is 14.2. The normalized spacial score (nSPS) is 18.9. The first-order chi connectivity index (χ1) is 23.8. The highest BCUT2D eigenvalue weighted by atomic mass is 19.1. The lowest BCUT2D eigenvalue weighted by atomic mass is 9.68. The number of ether oxygens (including phenoxy) is 2. The second kappa shape index (κ2) is 14.0. The molecule has 1 saturated heterocycles. The van der Waals surface area contributed by atoms with E-state index < -0.39 is 41.2 Å². The smallest absolute Gasteiger partial charge is 0.435 e. The number of aryl methyl sites for hydroxylation is 1. The Bertz CT molecular complexity index is 1910. The summed E-state index contributed by atoms with van der Waals surface area (Å²) in [5, 5.41) is 6.84. The van der Waals surface area contributed by atoms with Gasteiger partial charge in [0.1, 0.15) is 35.8 Å². The maximum absolute atomic E-state index is 15.1. The zero-order valence-corrected chi connectivity index (χ0v) is 28.8. The van der Waals surface area contributed by atoms with Crippen molar-refractivity contribution in [1.29, 1.82) is 0 Å². The summed E-state index contributed by atoms with van der Waals surface area (Å²) in [5.74, 6) is -1.12. The van der Waals surface area contributed by atoms with Crippen molar-refractivity contribution in [3.05, 3.63) is 89.1 Å². The summed E-state index contributed by atoms with van der Waals surface area (Å²) in [6.45, 7) is 7.01. The first-order valence-corrected chi connectivity index (χ1v) is 17.0. The SMILES string of the molecule is Cc1cc(C2(C(=O)N3C[C@H](F)C[C@@H]3C(=O)Nc3ccc4c(cnn4C(=O)OC(C)(C)C)n3)CCCCC2)ccc1C(=O)OCc1ccccc1. The highest BCUT2D eigenvalue weighted by Gasteiger charge is 2.49. The number of amides is 2. The maximum Gasteiger partial charge on any atom is 0.435 e. The molecule has 11 nitrogen and oxygen atoms in total. The van der Waals surface area contributed by atoms with Crippen molar-refractivity contribution in [3.63, 3.8) is 0 Å². The number of carbonyl (C=O) groups is 4. The minimum absolute atomic E-state index is 0.141. The molecule has 4 aromatic rings. The van der Waals surface area contributed by atoms with Gasteiger partial charge in [0.15, 0.2) is 0 Å². The summed E-state index contributed by atoms with van der Waals surface area (Å²) in [6.07, 6.45) is 2.87. The Morgan fingerprint density at radius 1 is 1.00 bits per heavy atom. The van der Waals surface area contributed by atoms with Crippen molar-refractivity contribution in [1.82, 2.24) is 19.7 Å². The minimum atomic E-state index is -1.37. The van der Waals surface area contributed by atoms with Crippen LogP contribution < -0.4 is 5.32 Å². The lowest BCUT2D eigenvalue weighted by Gasteiger charge is -2.40. The van der Waals surface area contributed by atoms with Gasteiger partial charge in [-0.15, -0.1) is 0 Å². The fourth-order valence-corrected chi connectivity index (χ4v) is 6.95. The zero-order valence-electron chi connectivity index (χ0n) is 28.8. The van der Waals surface area contributed by atoms with E-state index in [1.165, 1.54) is 17.2 Å². The number of fused-ring (bicyclic) bond motifs is 1. The number of rotatable bonds is 7. The molecular weight excluding hydrogens is 641 g/mol. The molecule has 6 rings (SSSR count). The molecule has 0 radical (unpaired) electrons. The third kappa shape index (κ3) is 7.24. The summed E-state index contributed by atoms with van der Waals surface area (Å²) < 4.78 is 27.1. The average Bonchev–Trinajstić information content (AvgIpc) is 3.70. The first-order valence-electron chi connectivity index (χ1n) is 17.0. The van der Waals surface area contributed by atoms with Gasteiger partial charge in [0.2, 0.25) is 11.8 Å². The molecule has 0 unspecified atom stereocenters. The molecule has 2 aromatic heterocycles. The standard InChI is InChI=1S/C38H42FN5O6/c1-24-19-26(13-14-28(24)34(46)49-23-25-11-7-5-8-12-25)38(17-9-6-10-18-38)35(47)43-22-27(39)20-31(43)33(45)42-32-16-15-30-29(41-32)21-40-44(30)36(48)50-37(2,3)4/h5,7-8,11-16,19,21,27,31H,6,9-10,17-18,20,22-23H2,1-4H3,(H,41,42,45)/t27-,31-/m1/s1. The number of halogens is 1. The number of benzene rings is 2. The van der Waals surface area contributed by atoms with E-state index in [9.17, 15) is 19.2 Å².